The lowest BCUT2D eigenvalue weighted by Crippen LogP contribution is -2.29. The summed E-state index contributed by atoms with van der Waals surface area (Å²) in [6, 6.07) is 1.84. The normalized spacial score (nSPS) is 12.7. The Balaban J connectivity index is 3.51. The molecular formula is C19H34O3PS2+. The molecule has 0 unspecified atom stereocenters. The molecule has 0 aliphatic carbocycles. The molecule has 0 aliphatic rings. The Labute approximate surface area is 162 Å². The fourth-order valence-corrected chi connectivity index (χ4v) is 5.56. The number of rotatable bonds is 9. The number of aryl methyl sites for hydroxylation is 1. The van der Waals surface area contributed by atoms with Gasteiger partial charge in [-0.1, -0.05) is 34.6 Å². The van der Waals surface area contributed by atoms with Crippen molar-refractivity contribution in [2.75, 3.05) is 23.0 Å². The first kappa shape index (κ1) is 23.3. The van der Waals surface area contributed by atoms with E-state index in [1.165, 1.54) is 11.1 Å². The Morgan fingerprint density at radius 1 is 0.960 bits per heavy atom. The van der Waals surface area contributed by atoms with Crippen LogP contribution in [0.5, 0.6) is 0 Å². The minimum Gasteiger partial charge on any atom is -0.189 e. The van der Waals surface area contributed by atoms with Crippen LogP contribution in [0.3, 0.4) is 0 Å². The van der Waals surface area contributed by atoms with E-state index < -0.39 is 7.94 Å². The first-order valence-electron chi connectivity index (χ1n) is 8.93. The van der Waals surface area contributed by atoms with Crippen LogP contribution >= 0.6 is 31.5 Å². The molecule has 3 nitrogen and oxygen atoms in total. The molecule has 0 aliphatic heterocycles. The van der Waals surface area contributed by atoms with Crippen LogP contribution in [-0.2, 0) is 18.3 Å². The minimum absolute atomic E-state index is 0.261. The zero-order valence-corrected chi connectivity index (χ0v) is 19.0. The molecule has 0 radical (unpaired) electrons. The molecule has 0 bridgehead atoms. The molecule has 0 spiro atoms. The summed E-state index contributed by atoms with van der Waals surface area (Å²) < 4.78 is 0. The highest BCUT2D eigenvalue weighted by molar-refractivity contribution is 7.99. The van der Waals surface area contributed by atoms with Crippen molar-refractivity contribution in [2.24, 2.45) is 0 Å². The Hall–Kier alpha value is 0.230. The van der Waals surface area contributed by atoms with E-state index in [1.54, 1.807) is 0 Å². The summed E-state index contributed by atoms with van der Waals surface area (Å²) in [5, 5.41) is 0.346. The number of hydrogen-bond acceptors (Lipinski definition) is 5. The zero-order valence-electron chi connectivity index (χ0n) is 16.4. The predicted octanol–water partition coefficient (Wildman–Crippen LogP) is 4.25. The van der Waals surface area contributed by atoms with Crippen LogP contribution in [0.1, 0.15) is 56.9 Å². The lowest BCUT2D eigenvalue weighted by Gasteiger charge is -2.28. The first-order chi connectivity index (χ1) is 11.5. The first-order valence-corrected chi connectivity index (χ1v) is 12.9. The van der Waals surface area contributed by atoms with Crippen molar-refractivity contribution >= 4 is 36.8 Å². The second-order valence-corrected chi connectivity index (χ2v) is 11.7. The van der Waals surface area contributed by atoms with Crippen molar-refractivity contribution in [3.8, 4) is 0 Å². The minimum atomic E-state index is -4.07. The second kappa shape index (κ2) is 9.96. The van der Waals surface area contributed by atoms with Gasteiger partial charge in [-0.3, -0.25) is 0 Å². The highest BCUT2D eigenvalue weighted by Gasteiger charge is 2.42. The Kier molecular flexibility index (Phi) is 9.27. The second-order valence-electron chi connectivity index (χ2n) is 7.25. The highest BCUT2D eigenvalue weighted by atomic mass is 32.2. The Bertz CT molecular complexity index is 563. The molecule has 6 heteroatoms. The van der Waals surface area contributed by atoms with Gasteiger partial charge in [-0.15, -0.1) is 0 Å². The zero-order chi connectivity index (χ0) is 19.3. The summed E-state index contributed by atoms with van der Waals surface area (Å²) in [5.41, 5.74) is 4.21. The lowest BCUT2D eigenvalue weighted by molar-refractivity contribution is 0.346. The number of benzene rings is 1. The van der Waals surface area contributed by atoms with Crippen LogP contribution in [0, 0.1) is 6.92 Å². The molecule has 1 aromatic carbocycles. The Morgan fingerprint density at radius 2 is 1.48 bits per heavy atom. The third-order valence-electron chi connectivity index (χ3n) is 4.30. The average Bonchev–Trinajstić information content (AvgIpc) is 2.48. The summed E-state index contributed by atoms with van der Waals surface area (Å²) >= 11 is 3.77. The SMILES string of the molecule is CCSCCc1cc([P+](O)(O)O)c(C(C)(C)C)c(CCSCC)c1C. The van der Waals surface area contributed by atoms with E-state index in [4.69, 9.17) is 0 Å². The molecule has 0 atom stereocenters. The van der Waals surface area contributed by atoms with E-state index >= 15 is 0 Å². The van der Waals surface area contributed by atoms with E-state index in [1.807, 2.05) is 29.6 Å². The molecule has 0 saturated heterocycles. The fraction of sp³-hybridized carbons (Fsp3) is 0.684. The van der Waals surface area contributed by atoms with Gasteiger partial charge in [0.25, 0.3) is 0 Å². The van der Waals surface area contributed by atoms with Crippen molar-refractivity contribution in [3.05, 3.63) is 28.3 Å². The van der Waals surface area contributed by atoms with Gasteiger partial charge in [0.1, 0.15) is 0 Å². The average molecular weight is 406 g/mol. The van der Waals surface area contributed by atoms with Gasteiger partial charge in [0.05, 0.1) is 0 Å². The van der Waals surface area contributed by atoms with Gasteiger partial charge in [-0.2, -0.15) is 38.2 Å². The van der Waals surface area contributed by atoms with Crippen LogP contribution < -0.4 is 5.30 Å². The molecular weight excluding hydrogens is 371 g/mol. The van der Waals surface area contributed by atoms with E-state index in [0.717, 1.165) is 47.0 Å². The summed E-state index contributed by atoms with van der Waals surface area (Å²) in [6.07, 6.45) is 1.77. The van der Waals surface area contributed by atoms with Crippen molar-refractivity contribution in [3.63, 3.8) is 0 Å². The molecule has 3 N–H and O–H groups in total. The van der Waals surface area contributed by atoms with Gasteiger partial charge in [-0.05, 0) is 70.9 Å². The summed E-state index contributed by atoms with van der Waals surface area (Å²) in [5.74, 6) is 4.15. The van der Waals surface area contributed by atoms with E-state index in [2.05, 4.69) is 41.5 Å². The van der Waals surface area contributed by atoms with Crippen molar-refractivity contribution in [2.45, 2.75) is 59.8 Å². The quantitative estimate of drug-likeness (QED) is 0.424. The molecule has 1 rings (SSSR count). The maximum Gasteiger partial charge on any atom is 0.441 e. The van der Waals surface area contributed by atoms with E-state index in [0.29, 0.717) is 5.30 Å². The summed E-state index contributed by atoms with van der Waals surface area (Å²) in [4.78, 5) is 30.4. The Morgan fingerprint density at radius 3 is 1.92 bits per heavy atom. The van der Waals surface area contributed by atoms with Crippen LogP contribution in [0.4, 0.5) is 0 Å². The van der Waals surface area contributed by atoms with Gasteiger partial charge in [0.2, 0.25) is 0 Å². The largest absolute Gasteiger partial charge is 0.441 e. The standard InChI is InChI=1S/C19H34O3PS2/c1-7-24-11-9-15-13-17(23(20,21)22)18(19(4,5)6)16(14(15)3)10-12-25-8-2/h13,20-22H,7-12H2,1-6H3/q+1. The van der Waals surface area contributed by atoms with E-state index in [-0.39, 0.29) is 5.41 Å². The van der Waals surface area contributed by atoms with Crippen LogP contribution in [0.25, 0.3) is 0 Å². The molecule has 144 valence electrons. The van der Waals surface area contributed by atoms with Crippen molar-refractivity contribution in [1.29, 1.82) is 0 Å². The third-order valence-corrected chi connectivity index (χ3v) is 7.10. The third kappa shape index (κ3) is 6.71. The molecule has 0 saturated carbocycles. The van der Waals surface area contributed by atoms with Crippen LogP contribution in [-0.4, -0.2) is 37.7 Å². The topological polar surface area (TPSA) is 60.7 Å². The van der Waals surface area contributed by atoms with Gasteiger partial charge in [0.15, 0.2) is 5.30 Å². The predicted molar refractivity (Wildman–Crippen MR) is 116 cm³/mol. The molecule has 0 aromatic heterocycles. The van der Waals surface area contributed by atoms with Gasteiger partial charge >= 0.3 is 7.94 Å². The molecule has 0 amide bonds. The number of thioether (sulfide) groups is 2. The molecule has 0 heterocycles. The monoisotopic (exact) mass is 405 g/mol. The van der Waals surface area contributed by atoms with Crippen LogP contribution in [0.15, 0.2) is 6.07 Å². The lowest BCUT2D eigenvalue weighted by atomic mass is 9.80. The highest BCUT2D eigenvalue weighted by Crippen LogP contribution is 2.48. The summed E-state index contributed by atoms with van der Waals surface area (Å²) in [6.45, 7) is 12.7. The summed E-state index contributed by atoms with van der Waals surface area (Å²) in [7, 11) is -4.07. The van der Waals surface area contributed by atoms with Gasteiger partial charge in [0, 0.05) is 5.56 Å². The van der Waals surface area contributed by atoms with E-state index in [9.17, 15) is 14.7 Å². The van der Waals surface area contributed by atoms with Gasteiger partial charge < -0.3 is 0 Å². The van der Waals surface area contributed by atoms with Crippen LogP contribution in [0.2, 0.25) is 0 Å². The van der Waals surface area contributed by atoms with Crippen molar-refractivity contribution in [1.82, 2.24) is 0 Å². The molecule has 0 fully saturated rings. The number of hydrogen-bond donors (Lipinski definition) is 3. The molecule has 1 aromatic rings. The molecule has 25 heavy (non-hydrogen) atoms. The fourth-order valence-electron chi connectivity index (χ4n) is 3.17. The maximum atomic E-state index is 10.1. The van der Waals surface area contributed by atoms with Gasteiger partial charge in [-0.25, -0.2) is 0 Å². The van der Waals surface area contributed by atoms with Crippen molar-refractivity contribution < 1.29 is 14.7 Å². The smallest absolute Gasteiger partial charge is 0.189 e. The maximum absolute atomic E-state index is 10.1.